The van der Waals surface area contributed by atoms with Crippen molar-refractivity contribution in [2.24, 2.45) is 0 Å². The predicted octanol–water partition coefficient (Wildman–Crippen LogP) is 5.14. The molecule has 0 aromatic carbocycles. The van der Waals surface area contributed by atoms with Crippen LogP contribution in [-0.4, -0.2) is 71.8 Å². The molecule has 3 aromatic heterocycles. The van der Waals surface area contributed by atoms with Gasteiger partial charge in [-0.3, -0.25) is 9.69 Å². The second kappa shape index (κ2) is 10.9. The Morgan fingerprint density at radius 1 is 1.17 bits per heavy atom. The van der Waals surface area contributed by atoms with Crippen LogP contribution in [0.5, 0.6) is 5.88 Å². The molecule has 2 atom stereocenters. The molecule has 0 spiro atoms. The molecule has 222 valence electrons. The number of anilines is 3. The fourth-order valence-electron chi connectivity index (χ4n) is 3.88. The molecule has 0 saturated heterocycles. The summed E-state index contributed by atoms with van der Waals surface area (Å²) in [5, 5.41) is 10.8. The lowest BCUT2D eigenvalue weighted by Crippen LogP contribution is -2.42. The van der Waals surface area contributed by atoms with Crippen LogP contribution < -0.4 is 20.3 Å². The molecule has 0 bridgehead atoms. The second-order valence-electron chi connectivity index (χ2n) is 12.8. The van der Waals surface area contributed by atoms with Crippen molar-refractivity contribution in [3.8, 4) is 5.88 Å². The summed E-state index contributed by atoms with van der Waals surface area (Å²) in [7, 11) is 1.13. The zero-order chi connectivity index (χ0) is 30.3. The zero-order valence-electron chi connectivity index (χ0n) is 25.5. The maximum atomic E-state index is 13.4. The Hall–Kier alpha value is -3.71. The lowest BCUT2D eigenvalue weighted by atomic mass is 10.2. The molecule has 1 fully saturated rings. The van der Waals surface area contributed by atoms with Gasteiger partial charge in [-0.25, -0.2) is 14.8 Å². The largest absolute Gasteiger partial charge is 0.480 e. The Morgan fingerprint density at radius 2 is 1.88 bits per heavy atom. The van der Waals surface area contributed by atoms with Gasteiger partial charge in [0.15, 0.2) is 14.0 Å². The molecule has 1 aliphatic carbocycles. The number of ether oxygens (including phenoxy) is 2. The molecule has 2 amide bonds. The van der Waals surface area contributed by atoms with Crippen LogP contribution in [0.1, 0.15) is 58.3 Å². The van der Waals surface area contributed by atoms with Gasteiger partial charge in [-0.1, -0.05) is 20.8 Å². The van der Waals surface area contributed by atoms with E-state index in [1.54, 1.807) is 52.2 Å². The predicted molar refractivity (Wildman–Crippen MR) is 160 cm³/mol. The third-order valence-electron chi connectivity index (χ3n) is 7.24. The lowest BCUT2D eigenvalue weighted by Gasteiger charge is -2.36. The van der Waals surface area contributed by atoms with Crippen molar-refractivity contribution in [2.75, 3.05) is 24.4 Å². The maximum absolute atomic E-state index is 13.4. The minimum atomic E-state index is -1.96. The molecule has 3 aromatic rings. The first-order chi connectivity index (χ1) is 19.0. The van der Waals surface area contributed by atoms with E-state index in [1.165, 1.54) is 22.7 Å². The summed E-state index contributed by atoms with van der Waals surface area (Å²) in [6.45, 7) is 16.4. The summed E-state index contributed by atoms with van der Waals surface area (Å²) in [4.78, 5) is 36.7. The molecule has 1 saturated carbocycles. The average Bonchev–Trinajstić information content (AvgIpc) is 3.42. The van der Waals surface area contributed by atoms with Crippen LogP contribution in [0.2, 0.25) is 18.1 Å². The van der Waals surface area contributed by atoms with Gasteiger partial charge in [0, 0.05) is 19.3 Å². The number of methoxy groups -OCH3 is 1. The van der Waals surface area contributed by atoms with Crippen molar-refractivity contribution in [3.63, 3.8) is 0 Å². The van der Waals surface area contributed by atoms with Gasteiger partial charge in [0.05, 0.1) is 25.5 Å². The Labute approximate surface area is 241 Å². The first-order valence-corrected chi connectivity index (χ1v) is 16.5. The van der Waals surface area contributed by atoms with E-state index in [0.29, 0.717) is 23.2 Å². The number of aromatic nitrogens is 4. The highest BCUT2D eigenvalue weighted by Gasteiger charge is 2.47. The quantitative estimate of drug-likeness (QED) is 0.346. The highest BCUT2D eigenvalue weighted by Crippen LogP contribution is 2.41. The van der Waals surface area contributed by atoms with E-state index in [1.807, 2.05) is 0 Å². The van der Waals surface area contributed by atoms with Crippen molar-refractivity contribution >= 4 is 43.3 Å². The number of fused-ring (bicyclic) bond motifs is 1. The molecule has 12 nitrogen and oxygen atoms in total. The molecule has 1 aliphatic rings. The lowest BCUT2D eigenvalue weighted by molar-refractivity contribution is 0.0587. The topological polar surface area (TPSA) is 132 Å². The van der Waals surface area contributed by atoms with Gasteiger partial charge in [-0.05, 0) is 57.5 Å². The van der Waals surface area contributed by atoms with Crippen molar-refractivity contribution < 1.29 is 23.5 Å². The standard InChI is InChI=1S/C28H41N7O5Si/c1-27(2,3)39-26(37)34(7)22-15-21(31-18-12-11-13-29-25(18)38-8)33-23-17(16-30-35(22)23)24(36)32-19-14-20(19)40-41(9,10)28(4,5)6/h11-13,15-16,19-20H,14H2,1-10H3,(H,31,33)(H,32,36)/t19-,20?/m0/s1. The van der Waals surface area contributed by atoms with Crippen LogP contribution in [0.25, 0.3) is 5.65 Å². The molecule has 0 aliphatic heterocycles. The Kier molecular flexibility index (Phi) is 8.07. The molecule has 13 heteroatoms. The fraction of sp³-hybridized carbons (Fsp3) is 0.536. The van der Waals surface area contributed by atoms with Gasteiger partial charge in [-0.2, -0.15) is 9.61 Å². The SMILES string of the molecule is COc1ncccc1Nc1cc(N(C)C(=O)OC(C)(C)C)n2ncc(C(=O)N[C@H]3CC3O[Si](C)(C)C(C)(C)C)c2n1. The number of hydrogen-bond donors (Lipinski definition) is 2. The second-order valence-corrected chi connectivity index (χ2v) is 17.5. The van der Waals surface area contributed by atoms with Gasteiger partial charge in [0.1, 0.15) is 28.5 Å². The van der Waals surface area contributed by atoms with E-state index in [2.05, 4.69) is 59.6 Å². The normalized spacial score (nSPS) is 17.2. The number of amides is 2. The van der Waals surface area contributed by atoms with E-state index in [9.17, 15) is 9.59 Å². The number of rotatable bonds is 8. The molecule has 2 N–H and O–H groups in total. The minimum absolute atomic E-state index is 0.0150. The van der Waals surface area contributed by atoms with Gasteiger partial charge in [-0.15, -0.1) is 0 Å². The smallest absolute Gasteiger partial charge is 0.415 e. The summed E-state index contributed by atoms with van der Waals surface area (Å²) in [6.07, 6.45) is 3.22. The molecule has 0 radical (unpaired) electrons. The van der Waals surface area contributed by atoms with E-state index < -0.39 is 20.0 Å². The first kappa shape index (κ1) is 30.3. The van der Waals surface area contributed by atoms with Crippen molar-refractivity contribution in [2.45, 2.75) is 83.8 Å². The van der Waals surface area contributed by atoms with Crippen molar-refractivity contribution in [1.29, 1.82) is 0 Å². The summed E-state index contributed by atoms with van der Waals surface area (Å²) in [5.74, 6) is 0.749. The Balaban J connectivity index is 1.66. The highest BCUT2D eigenvalue weighted by molar-refractivity contribution is 6.74. The minimum Gasteiger partial charge on any atom is -0.480 e. The van der Waals surface area contributed by atoms with Crippen LogP contribution in [0, 0.1) is 0 Å². The van der Waals surface area contributed by atoms with Crippen LogP contribution in [-0.2, 0) is 9.16 Å². The molecular formula is C28H41N7O5Si. The van der Waals surface area contributed by atoms with Crippen LogP contribution in [0.4, 0.5) is 22.1 Å². The van der Waals surface area contributed by atoms with E-state index in [0.717, 1.165) is 6.42 Å². The molecule has 1 unspecified atom stereocenters. The molecular weight excluding hydrogens is 542 g/mol. The van der Waals surface area contributed by atoms with Crippen LogP contribution in [0.15, 0.2) is 30.6 Å². The summed E-state index contributed by atoms with van der Waals surface area (Å²) in [6, 6.07) is 5.10. The van der Waals surface area contributed by atoms with Crippen molar-refractivity contribution in [1.82, 2.24) is 24.9 Å². The zero-order valence-corrected chi connectivity index (χ0v) is 26.5. The third-order valence-corrected chi connectivity index (χ3v) is 11.7. The van der Waals surface area contributed by atoms with Gasteiger partial charge >= 0.3 is 6.09 Å². The Morgan fingerprint density at radius 3 is 2.51 bits per heavy atom. The maximum Gasteiger partial charge on any atom is 0.415 e. The van der Waals surface area contributed by atoms with Crippen molar-refractivity contribution in [3.05, 3.63) is 36.2 Å². The van der Waals surface area contributed by atoms with Gasteiger partial charge in [0.2, 0.25) is 5.88 Å². The molecule has 3 heterocycles. The highest BCUT2D eigenvalue weighted by atomic mass is 28.4. The Bertz CT molecular complexity index is 1440. The summed E-state index contributed by atoms with van der Waals surface area (Å²) in [5.41, 5.74) is 0.392. The summed E-state index contributed by atoms with van der Waals surface area (Å²) < 4.78 is 18.8. The van der Waals surface area contributed by atoms with Gasteiger partial charge < -0.3 is 24.5 Å². The summed E-state index contributed by atoms with van der Waals surface area (Å²) >= 11 is 0. The fourth-order valence-corrected chi connectivity index (χ4v) is 5.25. The monoisotopic (exact) mass is 583 g/mol. The number of carbonyl (C=O) groups excluding carboxylic acids is 2. The molecule has 41 heavy (non-hydrogen) atoms. The van der Waals surface area contributed by atoms with E-state index >= 15 is 0 Å². The average molecular weight is 584 g/mol. The molecule has 4 rings (SSSR count). The number of carbonyl (C=O) groups is 2. The van der Waals surface area contributed by atoms with E-state index in [-0.39, 0.29) is 34.3 Å². The van der Waals surface area contributed by atoms with Gasteiger partial charge in [0.25, 0.3) is 5.91 Å². The number of hydrogen-bond acceptors (Lipinski definition) is 9. The number of nitrogens with zero attached hydrogens (tertiary/aromatic N) is 5. The van der Waals surface area contributed by atoms with Crippen LogP contribution in [0.3, 0.4) is 0 Å². The third kappa shape index (κ3) is 6.79. The van der Waals surface area contributed by atoms with E-state index in [4.69, 9.17) is 13.9 Å². The number of nitrogens with one attached hydrogen (secondary N) is 2. The first-order valence-electron chi connectivity index (χ1n) is 13.6. The number of pyridine rings is 1. The van der Waals surface area contributed by atoms with Crippen LogP contribution >= 0.6 is 0 Å².